The van der Waals surface area contributed by atoms with Crippen molar-refractivity contribution >= 4 is 33.8 Å². The molecule has 2 heterocycles. The van der Waals surface area contributed by atoms with E-state index in [-0.39, 0.29) is 0 Å². The summed E-state index contributed by atoms with van der Waals surface area (Å²) in [6.45, 7) is 1.77. The van der Waals surface area contributed by atoms with Gasteiger partial charge in [0.1, 0.15) is 0 Å². The lowest BCUT2D eigenvalue weighted by molar-refractivity contribution is 0.822. The van der Waals surface area contributed by atoms with E-state index in [2.05, 4.69) is 46.4 Å². The zero-order valence-corrected chi connectivity index (χ0v) is 12.3. The van der Waals surface area contributed by atoms with Crippen molar-refractivity contribution in [3.8, 4) is 0 Å². The van der Waals surface area contributed by atoms with Crippen molar-refractivity contribution in [1.29, 1.82) is 0 Å². The summed E-state index contributed by atoms with van der Waals surface area (Å²) < 4.78 is 3.12. The second-order valence-electron chi connectivity index (χ2n) is 4.53. The molecular weight excluding hydrogens is 276 g/mol. The number of thiophene rings is 1. The van der Waals surface area contributed by atoms with Gasteiger partial charge in [-0.2, -0.15) is 0 Å². The highest BCUT2D eigenvalue weighted by Gasteiger charge is 2.06. The summed E-state index contributed by atoms with van der Waals surface area (Å²) in [5.41, 5.74) is 2.61. The topological polar surface area (TPSA) is 17.0 Å². The Morgan fingerprint density at radius 1 is 1.21 bits per heavy atom. The van der Waals surface area contributed by atoms with Gasteiger partial charge in [-0.3, -0.25) is 0 Å². The first-order valence-electron chi connectivity index (χ1n) is 6.23. The minimum absolute atomic E-state index is 0.849. The fourth-order valence-corrected chi connectivity index (χ4v) is 3.46. The number of nitrogens with one attached hydrogen (secondary N) is 1. The number of aromatic nitrogens is 1. The summed E-state index contributed by atoms with van der Waals surface area (Å²) in [6, 6.07) is 12.7. The first-order valence-corrected chi connectivity index (χ1v) is 7.43. The summed E-state index contributed by atoms with van der Waals surface area (Å²) in [4.78, 5) is 1.28. The number of rotatable bonds is 4. The third-order valence-electron chi connectivity index (χ3n) is 3.23. The SMILES string of the molecule is CNCc1cccc2c1ccn2Cc1ccc(Cl)s1. The molecule has 4 heteroatoms. The van der Waals surface area contributed by atoms with Gasteiger partial charge in [0, 0.05) is 28.5 Å². The lowest BCUT2D eigenvalue weighted by Gasteiger charge is -2.06. The van der Waals surface area contributed by atoms with Crippen LogP contribution in [-0.2, 0) is 13.1 Å². The number of fused-ring (bicyclic) bond motifs is 1. The molecule has 1 N–H and O–H groups in total. The summed E-state index contributed by atoms with van der Waals surface area (Å²) in [6.07, 6.45) is 2.15. The fourth-order valence-electron chi connectivity index (χ4n) is 2.37. The largest absolute Gasteiger partial charge is 0.342 e. The molecule has 2 nitrogen and oxygen atoms in total. The predicted molar refractivity (Wildman–Crippen MR) is 83.1 cm³/mol. The summed E-state index contributed by atoms with van der Waals surface area (Å²) in [7, 11) is 1.98. The number of hydrogen-bond acceptors (Lipinski definition) is 2. The quantitative estimate of drug-likeness (QED) is 0.765. The van der Waals surface area contributed by atoms with Crippen molar-refractivity contribution in [3.63, 3.8) is 0 Å². The van der Waals surface area contributed by atoms with Crippen molar-refractivity contribution in [2.45, 2.75) is 13.1 Å². The van der Waals surface area contributed by atoms with Crippen LogP contribution in [0.1, 0.15) is 10.4 Å². The van der Waals surface area contributed by atoms with Crippen molar-refractivity contribution in [3.05, 3.63) is 57.4 Å². The lowest BCUT2D eigenvalue weighted by atomic mass is 10.1. The number of halogens is 1. The van der Waals surface area contributed by atoms with E-state index in [9.17, 15) is 0 Å². The maximum Gasteiger partial charge on any atom is 0.0931 e. The van der Waals surface area contributed by atoms with Gasteiger partial charge in [0.15, 0.2) is 0 Å². The Morgan fingerprint density at radius 2 is 2.11 bits per heavy atom. The summed E-state index contributed by atoms with van der Waals surface area (Å²) >= 11 is 7.63. The first-order chi connectivity index (χ1) is 9.28. The molecular formula is C15H15ClN2S. The molecule has 0 bridgehead atoms. The monoisotopic (exact) mass is 290 g/mol. The van der Waals surface area contributed by atoms with Gasteiger partial charge in [-0.15, -0.1) is 11.3 Å². The fraction of sp³-hybridized carbons (Fsp3) is 0.200. The van der Waals surface area contributed by atoms with E-state index in [0.29, 0.717) is 0 Å². The maximum absolute atomic E-state index is 5.99. The van der Waals surface area contributed by atoms with Gasteiger partial charge in [-0.25, -0.2) is 0 Å². The molecule has 3 rings (SSSR count). The molecule has 0 spiro atoms. The van der Waals surface area contributed by atoms with Gasteiger partial charge >= 0.3 is 0 Å². The standard InChI is InChI=1S/C15H15ClN2S/c1-17-9-11-3-2-4-14-13(11)7-8-18(14)10-12-5-6-15(16)19-12/h2-8,17H,9-10H2,1H3. The van der Waals surface area contributed by atoms with Gasteiger partial charge in [0.2, 0.25) is 0 Å². The summed E-state index contributed by atoms with van der Waals surface area (Å²) in [5, 5.41) is 4.53. The van der Waals surface area contributed by atoms with Crippen LogP contribution in [-0.4, -0.2) is 11.6 Å². The highest BCUT2D eigenvalue weighted by atomic mass is 35.5. The van der Waals surface area contributed by atoms with Gasteiger partial charge < -0.3 is 9.88 Å². The molecule has 0 atom stereocenters. The number of hydrogen-bond donors (Lipinski definition) is 1. The highest BCUT2D eigenvalue weighted by Crippen LogP contribution is 2.25. The van der Waals surface area contributed by atoms with Crippen molar-refractivity contribution in [1.82, 2.24) is 9.88 Å². The van der Waals surface area contributed by atoms with Crippen LogP contribution in [0.25, 0.3) is 10.9 Å². The summed E-state index contributed by atoms with van der Waals surface area (Å²) in [5.74, 6) is 0. The Morgan fingerprint density at radius 3 is 2.84 bits per heavy atom. The van der Waals surface area contributed by atoms with Crippen molar-refractivity contribution < 1.29 is 0 Å². The van der Waals surface area contributed by atoms with E-state index < -0.39 is 0 Å². The van der Waals surface area contributed by atoms with Gasteiger partial charge in [-0.05, 0) is 36.9 Å². The third-order valence-corrected chi connectivity index (χ3v) is 4.44. The van der Waals surface area contributed by atoms with Crippen molar-refractivity contribution in [2.75, 3.05) is 7.05 Å². The normalized spacial score (nSPS) is 11.3. The number of benzene rings is 1. The molecule has 0 aliphatic heterocycles. The number of nitrogens with zero attached hydrogens (tertiary/aromatic N) is 1. The third kappa shape index (κ3) is 2.54. The lowest BCUT2D eigenvalue weighted by Crippen LogP contribution is -2.05. The molecule has 3 aromatic rings. The molecule has 0 saturated carbocycles. The van der Waals surface area contributed by atoms with E-state index >= 15 is 0 Å². The molecule has 0 aliphatic rings. The van der Waals surface area contributed by atoms with E-state index in [4.69, 9.17) is 11.6 Å². The van der Waals surface area contributed by atoms with E-state index in [0.717, 1.165) is 17.4 Å². The molecule has 0 amide bonds. The molecule has 0 fully saturated rings. The minimum Gasteiger partial charge on any atom is -0.342 e. The molecule has 0 unspecified atom stereocenters. The molecule has 2 aromatic heterocycles. The van der Waals surface area contributed by atoms with Crippen LogP contribution < -0.4 is 5.32 Å². The first kappa shape index (κ1) is 12.7. The molecule has 1 aromatic carbocycles. The Balaban J connectivity index is 1.98. The Hall–Kier alpha value is -1.29. The highest BCUT2D eigenvalue weighted by molar-refractivity contribution is 7.16. The van der Waals surface area contributed by atoms with Crippen LogP contribution in [0.2, 0.25) is 4.34 Å². The zero-order valence-electron chi connectivity index (χ0n) is 10.7. The molecule has 0 aliphatic carbocycles. The van der Waals surface area contributed by atoms with Gasteiger partial charge in [0.25, 0.3) is 0 Å². The van der Waals surface area contributed by atoms with Gasteiger partial charge in [0.05, 0.1) is 10.9 Å². The average molecular weight is 291 g/mol. The van der Waals surface area contributed by atoms with Gasteiger partial charge in [-0.1, -0.05) is 23.7 Å². The molecule has 0 radical (unpaired) electrons. The van der Waals surface area contributed by atoms with Crippen LogP contribution in [0.3, 0.4) is 0 Å². The van der Waals surface area contributed by atoms with Crippen LogP contribution in [0.5, 0.6) is 0 Å². The van der Waals surface area contributed by atoms with Crippen molar-refractivity contribution in [2.24, 2.45) is 0 Å². The van der Waals surface area contributed by atoms with E-state index in [1.165, 1.54) is 21.3 Å². The minimum atomic E-state index is 0.849. The average Bonchev–Trinajstić information content (AvgIpc) is 2.99. The Kier molecular flexibility index (Phi) is 3.60. The molecule has 0 saturated heterocycles. The van der Waals surface area contributed by atoms with E-state index in [1.54, 1.807) is 11.3 Å². The molecule has 19 heavy (non-hydrogen) atoms. The predicted octanol–water partition coefficient (Wildman–Crippen LogP) is 4.12. The second kappa shape index (κ2) is 5.37. The molecule has 98 valence electrons. The maximum atomic E-state index is 5.99. The Bertz CT molecular complexity index is 699. The van der Waals surface area contributed by atoms with Crippen LogP contribution in [0.4, 0.5) is 0 Å². The smallest absolute Gasteiger partial charge is 0.0931 e. The van der Waals surface area contributed by atoms with Crippen LogP contribution >= 0.6 is 22.9 Å². The van der Waals surface area contributed by atoms with Crippen LogP contribution in [0.15, 0.2) is 42.6 Å². The Labute approximate surface area is 121 Å². The van der Waals surface area contributed by atoms with Crippen LogP contribution in [0, 0.1) is 0 Å². The zero-order chi connectivity index (χ0) is 13.2. The second-order valence-corrected chi connectivity index (χ2v) is 6.33. The van der Waals surface area contributed by atoms with E-state index in [1.807, 2.05) is 13.1 Å².